The van der Waals surface area contributed by atoms with Crippen molar-refractivity contribution in [1.29, 1.82) is 0 Å². The predicted molar refractivity (Wildman–Crippen MR) is 151 cm³/mol. The first-order valence-electron chi connectivity index (χ1n) is 13.9. The fraction of sp³-hybridized carbons (Fsp3) is 0.464. The molecule has 1 fully saturated rings. The van der Waals surface area contributed by atoms with E-state index in [0.29, 0.717) is 44.5 Å². The highest BCUT2D eigenvalue weighted by molar-refractivity contribution is 5.94. The number of carbonyl (C=O) groups excluding carboxylic acids is 3. The van der Waals surface area contributed by atoms with Gasteiger partial charge in [0, 0.05) is 42.0 Å². The second-order valence-corrected chi connectivity index (χ2v) is 10.4. The lowest BCUT2D eigenvalue weighted by atomic mass is 10.0. The van der Waals surface area contributed by atoms with E-state index in [2.05, 4.69) is 25.6 Å². The van der Waals surface area contributed by atoms with Crippen molar-refractivity contribution in [2.45, 2.75) is 69.1 Å². The summed E-state index contributed by atoms with van der Waals surface area (Å²) >= 11 is 0. The lowest BCUT2D eigenvalue weighted by Crippen LogP contribution is -2.57. The minimum Gasteiger partial charge on any atom is -0.480 e. The molecular formula is C28H38N8O5. The lowest BCUT2D eigenvalue weighted by molar-refractivity contribution is -0.149. The number of aliphatic carboxylic acids is 1. The molecule has 1 aliphatic rings. The maximum absolute atomic E-state index is 13.6. The molecule has 1 saturated heterocycles. The zero-order valence-corrected chi connectivity index (χ0v) is 22.8. The number of likely N-dealkylation sites (tertiary alicyclic amines) is 1. The zero-order valence-electron chi connectivity index (χ0n) is 22.8. The first kappa shape index (κ1) is 29.7. The van der Waals surface area contributed by atoms with Gasteiger partial charge < -0.3 is 42.1 Å². The molecule has 3 amide bonds. The number of aromatic nitrogens is 3. The van der Waals surface area contributed by atoms with Crippen LogP contribution in [0.2, 0.25) is 0 Å². The molecule has 41 heavy (non-hydrogen) atoms. The molecule has 1 aromatic carbocycles. The summed E-state index contributed by atoms with van der Waals surface area (Å²) in [7, 11) is 0. The van der Waals surface area contributed by atoms with Gasteiger partial charge in [0.05, 0.1) is 12.4 Å². The number of unbranched alkanes of at least 4 members (excludes halogenated alkanes) is 1. The quantitative estimate of drug-likeness (QED) is 0.133. The van der Waals surface area contributed by atoms with E-state index < -0.39 is 47.9 Å². The fourth-order valence-electron chi connectivity index (χ4n) is 5.24. The number of nitrogens with one attached hydrogen (secondary N) is 4. The molecule has 3 heterocycles. The number of rotatable bonds is 14. The van der Waals surface area contributed by atoms with Gasteiger partial charge in [-0.1, -0.05) is 18.2 Å². The van der Waals surface area contributed by atoms with Gasteiger partial charge >= 0.3 is 5.97 Å². The number of imidazole rings is 1. The Hall–Kier alpha value is -4.23. The summed E-state index contributed by atoms with van der Waals surface area (Å²) < 4.78 is 0. The molecule has 9 N–H and O–H groups in total. The van der Waals surface area contributed by atoms with Crippen LogP contribution in [0.3, 0.4) is 0 Å². The van der Waals surface area contributed by atoms with Crippen molar-refractivity contribution in [3.63, 3.8) is 0 Å². The molecule has 0 spiro atoms. The Morgan fingerprint density at radius 3 is 2.59 bits per heavy atom. The number of aromatic amines is 2. The molecule has 4 unspecified atom stereocenters. The summed E-state index contributed by atoms with van der Waals surface area (Å²) in [5.41, 5.74) is 14.3. The van der Waals surface area contributed by atoms with Crippen molar-refractivity contribution in [2.24, 2.45) is 11.5 Å². The number of H-pyrrole nitrogens is 2. The zero-order chi connectivity index (χ0) is 29.4. The normalized spacial score (nSPS) is 17.2. The number of hydrogen-bond acceptors (Lipinski definition) is 7. The van der Waals surface area contributed by atoms with Gasteiger partial charge in [0.1, 0.15) is 18.1 Å². The topological polar surface area (TPSA) is 212 Å². The van der Waals surface area contributed by atoms with Gasteiger partial charge in [-0.15, -0.1) is 0 Å². The van der Waals surface area contributed by atoms with Crippen LogP contribution in [0.25, 0.3) is 10.9 Å². The summed E-state index contributed by atoms with van der Waals surface area (Å²) in [6, 6.07) is 3.80. The van der Waals surface area contributed by atoms with Gasteiger partial charge in [-0.05, 0) is 56.7 Å². The van der Waals surface area contributed by atoms with Gasteiger partial charge in [-0.2, -0.15) is 0 Å². The molecular weight excluding hydrogens is 528 g/mol. The fourth-order valence-corrected chi connectivity index (χ4v) is 5.24. The van der Waals surface area contributed by atoms with Crippen LogP contribution in [0.4, 0.5) is 0 Å². The number of carboxylic acids is 1. The maximum Gasteiger partial charge on any atom is 0.326 e. The number of nitrogens with two attached hydrogens (primary N) is 2. The van der Waals surface area contributed by atoms with Crippen LogP contribution in [-0.4, -0.2) is 85.9 Å². The van der Waals surface area contributed by atoms with Gasteiger partial charge in [0.15, 0.2) is 0 Å². The minimum absolute atomic E-state index is 0.0859. The van der Waals surface area contributed by atoms with Crippen LogP contribution in [0.5, 0.6) is 0 Å². The summed E-state index contributed by atoms with van der Waals surface area (Å²) in [6.45, 7) is 0.721. The molecule has 0 saturated carbocycles. The van der Waals surface area contributed by atoms with E-state index in [1.165, 1.54) is 11.2 Å². The van der Waals surface area contributed by atoms with Crippen LogP contribution >= 0.6 is 0 Å². The molecule has 1 aliphatic heterocycles. The highest BCUT2D eigenvalue weighted by Crippen LogP contribution is 2.21. The van der Waals surface area contributed by atoms with Gasteiger partial charge in [-0.3, -0.25) is 14.4 Å². The third kappa shape index (κ3) is 7.50. The van der Waals surface area contributed by atoms with E-state index in [4.69, 9.17) is 11.5 Å². The van der Waals surface area contributed by atoms with E-state index in [0.717, 1.165) is 16.5 Å². The third-order valence-electron chi connectivity index (χ3n) is 7.45. The highest BCUT2D eigenvalue weighted by Gasteiger charge is 2.38. The van der Waals surface area contributed by atoms with Crippen LogP contribution in [0.1, 0.15) is 43.4 Å². The number of hydrogen-bond donors (Lipinski definition) is 7. The second-order valence-electron chi connectivity index (χ2n) is 10.4. The van der Waals surface area contributed by atoms with E-state index in [1.54, 1.807) is 6.20 Å². The van der Waals surface area contributed by atoms with Crippen LogP contribution in [0, 0.1) is 0 Å². The van der Waals surface area contributed by atoms with Crippen LogP contribution in [0.15, 0.2) is 43.0 Å². The van der Waals surface area contributed by atoms with Gasteiger partial charge in [0.25, 0.3) is 0 Å². The monoisotopic (exact) mass is 566 g/mol. The lowest BCUT2D eigenvalue weighted by Gasteiger charge is -2.29. The Labute approximate surface area is 237 Å². The average Bonchev–Trinajstić information content (AvgIpc) is 3.73. The average molecular weight is 567 g/mol. The van der Waals surface area contributed by atoms with Crippen LogP contribution in [-0.2, 0) is 32.0 Å². The van der Waals surface area contributed by atoms with Crippen molar-refractivity contribution in [3.8, 4) is 0 Å². The number of nitrogens with zero attached hydrogens (tertiary/aromatic N) is 2. The SMILES string of the molecule is NCCCCC(NC(=O)C(Cc1cnc[nH]1)NC(=O)C(N)Cc1c[nH]c2ccccc12)C(=O)N1CCCC1C(=O)O. The summed E-state index contributed by atoms with van der Waals surface area (Å²) in [5.74, 6) is -2.63. The second kappa shape index (κ2) is 13.9. The molecule has 13 nitrogen and oxygen atoms in total. The Morgan fingerprint density at radius 2 is 1.85 bits per heavy atom. The molecule has 4 rings (SSSR count). The highest BCUT2D eigenvalue weighted by atomic mass is 16.4. The Kier molecular flexibility index (Phi) is 10.1. The van der Waals surface area contributed by atoms with E-state index in [-0.39, 0.29) is 19.3 Å². The predicted octanol–water partition coefficient (Wildman–Crippen LogP) is 0.178. The maximum atomic E-state index is 13.6. The van der Waals surface area contributed by atoms with E-state index >= 15 is 0 Å². The Bertz CT molecular complexity index is 1340. The molecule has 13 heteroatoms. The van der Waals surface area contributed by atoms with Crippen molar-refractivity contribution in [1.82, 2.24) is 30.5 Å². The smallest absolute Gasteiger partial charge is 0.326 e. The molecule has 2 aromatic heterocycles. The molecule has 220 valence electrons. The van der Waals surface area contributed by atoms with Gasteiger partial charge in [0.2, 0.25) is 17.7 Å². The minimum atomic E-state index is -1.07. The van der Waals surface area contributed by atoms with E-state index in [9.17, 15) is 24.3 Å². The largest absolute Gasteiger partial charge is 0.480 e. The number of carbonyl (C=O) groups is 4. The van der Waals surface area contributed by atoms with Gasteiger partial charge in [-0.25, -0.2) is 9.78 Å². The first-order chi connectivity index (χ1) is 19.8. The summed E-state index contributed by atoms with van der Waals surface area (Å²) in [6.07, 6.45) is 7.57. The molecule has 0 radical (unpaired) electrons. The van der Waals surface area contributed by atoms with Crippen molar-refractivity contribution in [2.75, 3.05) is 13.1 Å². The molecule has 0 bridgehead atoms. The molecule has 3 aromatic rings. The Balaban J connectivity index is 1.48. The molecule has 4 atom stereocenters. The number of benzene rings is 1. The number of para-hydroxylation sites is 1. The summed E-state index contributed by atoms with van der Waals surface area (Å²) in [4.78, 5) is 63.3. The first-order valence-corrected chi connectivity index (χ1v) is 13.9. The van der Waals surface area contributed by atoms with Crippen molar-refractivity contribution < 1.29 is 24.3 Å². The number of fused-ring (bicyclic) bond motifs is 1. The third-order valence-corrected chi connectivity index (χ3v) is 7.45. The molecule has 0 aliphatic carbocycles. The Morgan fingerprint density at radius 1 is 1.07 bits per heavy atom. The van der Waals surface area contributed by atoms with Crippen molar-refractivity contribution in [3.05, 3.63) is 54.2 Å². The standard InChI is InChI=1S/C28H38N8O5/c29-10-4-3-8-22(27(39)36-11-5-9-24(36)28(40)41)34-26(38)23(13-18-15-31-16-33-18)35-25(37)20(30)12-17-14-32-21-7-2-1-6-19(17)21/h1-2,6-7,14-16,20,22-24,32H,3-5,8-13,29-30H2,(H,31,33)(H,34,38)(H,35,37)(H,40,41). The number of amides is 3. The number of carboxylic acid groups (broad SMARTS) is 1. The van der Waals surface area contributed by atoms with Crippen LogP contribution < -0.4 is 22.1 Å². The van der Waals surface area contributed by atoms with E-state index in [1.807, 2.05) is 30.5 Å². The summed E-state index contributed by atoms with van der Waals surface area (Å²) in [5, 5.41) is 16.1. The van der Waals surface area contributed by atoms with Crippen molar-refractivity contribution >= 4 is 34.6 Å².